The van der Waals surface area contributed by atoms with Gasteiger partial charge >= 0.3 is 12.1 Å². The molecule has 0 heterocycles. The number of amides is 1. The Morgan fingerprint density at radius 1 is 1.38 bits per heavy atom. The van der Waals surface area contributed by atoms with Crippen molar-refractivity contribution < 1.29 is 18.0 Å². The second-order valence-electron chi connectivity index (χ2n) is 3.18. The van der Waals surface area contributed by atoms with Gasteiger partial charge in [0.1, 0.15) is 0 Å². The fourth-order valence-electron chi connectivity index (χ4n) is 1.17. The molecule has 88 valence electrons. The summed E-state index contributed by atoms with van der Waals surface area (Å²) in [4.78, 5) is 10.7. The molecular weight excluding hydrogens is 221 g/mol. The van der Waals surface area contributed by atoms with E-state index in [9.17, 15) is 18.0 Å². The van der Waals surface area contributed by atoms with Crippen molar-refractivity contribution in [2.75, 3.05) is 12.4 Å². The third-order valence-corrected chi connectivity index (χ3v) is 1.82. The maximum absolute atomic E-state index is 12.0. The van der Waals surface area contributed by atoms with E-state index < -0.39 is 12.1 Å². The zero-order valence-corrected chi connectivity index (χ0v) is 8.56. The van der Waals surface area contributed by atoms with Crippen molar-refractivity contribution in [1.29, 1.82) is 0 Å². The third kappa shape index (κ3) is 3.54. The summed E-state index contributed by atoms with van der Waals surface area (Å²) in [7, 11) is 1.72. The van der Waals surface area contributed by atoms with Crippen LogP contribution in [0.15, 0.2) is 24.3 Å². The van der Waals surface area contributed by atoms with Gasteiger partial charge in [0, 0.05) is 12.2 Å². The molecule has 0 unspecified atom stereocenters. The maximum atomic E-state index is 12.0. The fraction of sp³-hybridized carbons (Fsp3) is 0.300. The van der Waals surface area contributed by atoms with Crippen molar-refractivity contribution in [3.05, 3.63) is 29.8 Å². The zero-order valence-electron chi connectivity index (χ0n) is 8.56. The lowest BCUT2D eigenvalue weighted by Crippen LogP contribution is -2.29. The average Bonchev–Trinajstić information content (AvgIpc) is 2.17. The van der Waals surface area contributed by atoms with Crippen LogP contribution in [0.4, 0.5) is 18.9 Å². The summed E-state index contributed by atoms with van der Waals surface area (Å²) in [6.07, 6.45) is -4.86. The summed E-state index contributed by atoms with van der Waals surface area (Å²) in [6, 6.07) is 6.22. The van der Waals surface area contributed by atoms with Crippen LogP contribution in [-0.2, 0) is 11.3 Å². The molecule has 0 fully saturated rings. The minimum Gasteiger partial charge on any atom is -0.318 e. The first-order valence-electron chi connectivity index (χ1n) is 4.55. The lowest BCUT2D eigenvalue weighted by atomic mass is 10.2. The van der Waals surface area contributed by atoms with Gasteiger partial charge < -0.3 is 10.6 Å². The van der Waals surface area contributed by atoms with Crippen molar-refractivity contribution in [3.63, 3.8) is 0 Å². The Kier molecular flexibility index (Phi) is 3.89. The highest BCUT2D eigenvalue weighted by molar-refractivity contribution is 5.94. The average molecular weight is 232 g/mol. The second kappa shape index (κ2) is 4.98. The van der Waals surface area contributed by atoms with Crippen LogP contribution in [0.1, 0.15) is 5.56 Å². The molecule has 0 radical (unpaired) electrons. The molecule has 1 amide bonds. The molecule has 0 aliphatic heterocycles. The Labute approximate surface area is 90.6 Å². The van der Waals surface area contributed by atoms with Gasteiger partial charge in [-0.25, -0.2) is 0 Å². The topological polar surface area (TPSA) is 41.1 Å². The highest BCUT2D eigenvalue weighted by Crippen LogP contribution is 2.18. The van der Waals surface area contributed by atoms with Crippen LogP contribution in [0.3, 0.4) is 0 Å². The van der Waals surface area contributed by atoms with Gasteiger partial charge in [-0.3, -0.25) is 4.79 Å². The summed E-state index contributed by atoms with van der Waals surface area (Å²) in [5.41, 5.74) is 0.928. The molecule has 0 aromatic heterocycles. The molecule has 0 atom stereocenters. The van der Waals surface area contributed by atoms with Crippen molar-refractivity contribution in [1.82, 2.24) is 5.32 Å². The van der Waals surface area contributed by atoms with Gasteiger partial charge in [-0.1, -0.05) is 12.1 Å². The lowest BCUT2D eigenvalue weighted by molar-refractivity contribution is -0.167. The SMILES string of the molecule is CNCc1cccc(NC(=O)C(F)(F)F)c1. The van der Waals surface area contributed by atoms with E-state index in [1.807, 2.05) is 0 Å². The van der Waals surface area contributed by atoms with Gasteiger partial charge in [-0.05, 0) is 24.7 Å². The predicted octanol–water partition coefficient (Wildman–Crippen LogP) is 1.91. The molecule has 2 N–H and O–H groups in total. The Bertz CT molecular complexity index is 377. The van der Waals surface area contributed by atoms with Crippen LogP contribution in [0, 0.1) is 0 Å². The minimum absolute atomic E-state index is 0.134. The number of benzene rings is 1. The number of carbonyl (C=O) groups is 1. The second-order valence-corrected chi connectivity index (χ2v) is 3.18. The van der Waals surface area contributed by atoms with Gasteiger partial charge in [0.2, 0.25) is 0 Å². The zero-order chi connectivity index (χ0) is 12.2. The molecule has 3 nitrogen and oxygen atoms in total. The maximum Gasteiger partial charge on any atom is 0.471 e. The van der Waals surface area contributed by atoms with E-state index in [1.54, 1.807) is 24.5 Å². The van der Waals surface area contributed by atoms with Crippen molar-refractivity contribution >= 4 is 11.6 Å². The van der Waals surface area contributed by atoms with Gasteiger partial charge in [0.15, 0.2) is 0 Å². The number of rotatable bonds is 3. The first-order valence-corrected chi connectivity index (χ1v) is 4.55. The van der Waals surface area contributed by atoms with Crippen LogP contribution >= 0.6 is 0 Å². The van der Waals surface area contributed by atoms with Gasteiger partial charge in [-0.15, -0.1) is 0 Å². The molecule has 1 aromatic rings. The summed E-state index contributed by atoms with van der Waals surface area (Å²) in [5.74, 6) is -1.96. The first kappa shape index (κ1) is 12.5. The van der Waals surface area contributed by atoms with E-state index in [0.29, 0.717) is 6.54 Å². The quantitative estimate of drug-likeness (QED) is 0.835. The Morgan fingerprint density at radius 2 is 2.06 bits per heavy atom. The number of hydrogen-bond donors (Lipinski definition) is 2. The summed E-state index contributed by atoms with van der Waals surface area (Å²) < 4.78 is 35.9. The van der Waals surface area contributed by atoms with Crippen LogP contribution in [-0.4, -0.2) is 19.1 Å². The monoisotopic (exact) mass is 232 g/mol. The largest absolute Gasteiger partial charge is 0.471 e. The lowest BCUT2D eigenvalue weighted by Gasteiger charge is -2.09. The highest BCUT2D eigenvalue weighted by Gasteiger charge is 2.38. The minimum atomic E-state index is -4.86. The van der Waals surface area contributed by atoms with E-state index in [2.05, 4.69) is 5.32 Å². The van der Waals surface area contributed by atoms with E-state index in [1.165, 1.54) is 12.1 Å². The smallest absolute Gasteiger partial charge is 0.318 e. The summed E-state index contributed by atoms with van der Waals surface area (Å²) in [6.45, 7) is 0.524. The van der Waals surface area contributed by atoms with Crippen LogP contribution in [0.25, 0.3) is 0 Å². The number of carbonyl (C=O) groups excluding carboxylic acids is 1. The first-order chi connectivity index (χ1) is 7.43. The normalized spacial score (nSPS) is 11.2. The predicted molar refractivity (Wildman–Crippen MR) is 53.9 cm³/mol. The van der Waals surface area contributed by atoms with E-state index in [-0.39, 0.29) is 5.69 Å². The standard InChI is InChI=1S/C10H11F3N2O/c1-14-6-7-3-2-4-8(5-7)15-9(16)10(11,12)13/h2-5,14H,6H2,1H3,(H,15,16). The van der Waals surface area contributed by atoms with E-state index in [0.717, 1.165) is 5.56 Å². The van der Waals surface area contributed by atoms with Crippen molar-refractivity contribution in [3.8, 4) is 0 Å². The molecule has 0 saturated heterocycles. The number of halogens is 3. The van der Waals surface area contributed by atoms with Crippen LogP contribution < -0.4 is 10.6 Å². The van der Waals surface area contributed by atoms with E-state index in [4.69, 9.17) is 0 Å². The number of alkyl halides is 3. The van der Waals surface area contributed by atoms with Crippen molar-refractivity contribution in [2.24, 2.45) is 0 Å². The highest BCUT2D eigenvalue weighted by atomic mass is 19.4. The van der Waals surface area contributed by atoms with Gasteiger partial charge in [0.25, 0.3) is 0 Å². The molecule has 0 spiro atoms. The Balaban J connectivity index is 2.74. The molecule has 6 heteroatoms. The van der Waals surface area contributed by atoms with Crippen LogP contribution in [0.2, 0.25) is 0 Å². The molecular formula is C10H11F3N2O. The molecule has 1 aromatic carbocycles. The van der Waals surface area contributed by atoms with Crippen molar-refractivity contribution in [2.45, 2.75) is 12.7 Å². The molecule has 16 heavy (non-hydrogen) atoms. The van der Waals surface area contributed by atoms with Gasteiger partial charge in [-0.2, -0.15) is 13.2 Å². The molecule has 0 bridgehead atoms. The molecule has 0 aliphatic rings. The third-order valence-electron chi connectivity index (χ3n) is 1.82. The summed E-state index contributed by atoms with van der Waals surface area (Å²) in [5, 5.41) is 4.65. The molecule has 0 saturated carbocycles. The number of nitrogens with one attached hydrogen (secondary N) is 2. The fourth-order valence-corrected chi connectivity index (χ4v) is 1.17. The number of anilines is 1. The Morgan fingerprint density at radius 3 is 2.62 bits per heavy atom. The van der Waals surface area contributed by atoms with Crippen LogP contribution in [0.5, 0.6) is 0 Å². The number of hydrogen-bond acceptors (Lipinski definition) is 2. The Hall–Kier alpha value is -1.56. The van der Waals surface area contributed by atoms with Gasteiger partial charge in [0.05, 0.1) is 0 Å². The molecule has 1 rings (SSSR count). The summed E-state index contributed by atoms with van der Waals surface area (Å²) >= 11 is 0. The van der Waals surface area contributed by atoms with E-state index >= 15 is 0 Å². The molecule has 0 aliphatic carbocycles.